The van der Waals surface area contributed by atoms with Crippen molar-refractivity contribution in [1.82, 2.24) is 9.88 Å². The maximum atomic E-state index is 12.3. The summed E-state index contributed by atoms with van der Waals surface area (Å²) >= 11 is 0. The maximum absolute atomic E-state index is 12.3. The molecule has 1 unspecified atom stereocenters. The summed E-state index contributed by atoms with van der Waals surface area (Å²) in [5.41, 5.74) is 1.34. The number of aromatic nitrogens is 1. The first-order valence-corrected chi connectivity index (χ1v) is 12.2. The second-order valence-electron chi connectivity index (χ2n) is 9.31. The summed E-state index contributed by atoms with van der Waals surface area (Å²) in [4.78, 5) is 31.1. The fourth-order valence-corrected chi connectivity index (χ4v) is 4.86. The third-order valence-corrected chi connectivity index (χ3v) is 6.79. The van der Waals surface area contributed by atoms with Crippen molar-refractivity contribution >= 4 is 17.6 Å². The van der Waals surface area contributed by atoms with Gasteiger partial charge in [-0.15, -0.1) is 0 Å². The molecule has 1 aromatic heterocycles. The number of piperidine rings is 1. The first-order valence-electron chi connectivity index (χ1n) is 12.2. The largest absolute Gasteiger partial charge is 0.466 e. The molecule has 7 heteroatoms. The molecule has 0 amide bonds. The molecule has 1 aromatic rings. The maximum Gasteiger partial charge on any atom is 0.312 e. The van der Waals surface area contributed by atoms with Crippen molar-refractivity contribution < 1.29 is 19.4 Å². The molecule has 0 aromatic carbocycles. The number of nitrogens with zero attached hydrogens (tertiary/aromatic N) is 2. The number of aliphatic hydroxyl groups is 1. The average Bonchev–Trinajstić information content (AvgIpc) is 2.78. The number of ether oxygens (including phenoxy) is 1. The van der Waals surface area contributed by atoms with Gasteiger partial charge in [0.1, 0.15) is 11.6 Å². The van der Waals surface area contributed by atoms with Crippen molar-refractivity contribution in [1.29, 1.82) is 0 Å². The van der Waals surface area contributed by atoms with Crippen molar-refractivity contribution in [3.05, 3.63) is 23.4 Å². The van der Waals surface area contributed by atoms with Gasteiger partial charge in [-0.3, -0.25) is 4.79 Å². The van der Waals surface area contributed by atoms with Crippen LogP contribution < -0.4 is 5.32 Å². The van der Waals surface area contributed by atoms with Gasteiger partial charge in [-0.1, -0.05) is 12.5 Å². The Morgan fingerprint density at radius 1 is 1.25 bits per heavy atom. The van der Waals surface area contributed by atoms with Crippen LogP contribution in [0, 0.1) is 5.92 Å². The monoisotopic (exact) mass is 445 g/mol. The highest BCUT2D eigenvalue weighted by molar-refractivity contribution is 5.83. The Morgan fingerprint density at radius 3 is 2.75 bits per heavy atom. The molecule has 1 fully saturated rings. The van der Waals surface area contributed by atoms with E-state index in [9.17, 15) is 14.7 Å². The van der Waals surface area contributed by atoms with Crippen LogP contribution in [0.25, 0.3) is 0 Å². The number of anilines is 1. The Bertz CT molecular complexity index is 774. The summed E-state index contributed by atoms with van der Waals surface area (Å²) in [6.45, 7) is 6.95. The Kier molecular flexibility index (Phi) is 9.05. The van der Waals surface area contributed by atoms with Gasteiger partial charge in [-0.2, -0.15) is 0 Å². The molecule has 0 aliphatic carbocycles. The van der Waals surface area contributed by atoms with Gasteiger partial charge in [0.15, 0.2) is 0 Å². The van der Waals surface area contributed by atoms with Crippen LogP contribution in [0.1, 0.15) is 70.1 Å². The molecular weight excluding hydrogens is 406 g/mol. The zero-order valence-corrected chi connectivity index (χ0v) is 19.7. The number of fused-ring (bicyclic) bond motifs is 1. The number of carbonyl (C=O) groups is 2. The molecule has 1 saturated heterocycles. The summed E-state index contributed by atoms with van der Waals surface area (Å²) in [6, 6.07) is 4.38. The van der Waals surface area contributed by atoms with Crippen molar-refractivity contribution in [2.24, 2.45) is 5.92 Å². The lowest BCUT2D eigenvalue weighted by atomic mass is 9.77. The van der Waals surface area contributed by atoms with Crippen LogP contribution in [0.5, 0.6) is 0 Å². The lowest BCUT2D eigenvalue weighted by Crippen LogP contribution is -2.52. The van der Waals surface area contributed by atoms with Gasteiger partial charge in [0, 0.05) is 31.7 Å². The normalized spacial score (nSPS) is 19.0. The number of unbranched alkanes of at least 4 members (excludes halogenated alkanes) is 2. The van der Waals surface area contributed by atoms with Crippen molar-refractivity contribution in [2.45, 2.75) is 77.2 Å². The van der Waals surface area contributed by atoms with E-state index in [1.807, 2.05) is 0 Å². The van der Waals surface area contributed by atoms with Gasteiger partial charge in [0.2, 0.25) is 0 Å². The summed E-state index contributed by atoms with van der Waals surface area (Å²) in [6.07, 6.45) is 7.71. The minimum absolute atomic E-state index is 0.0432. The van der Waals surface area contributed by atoms with Crippen LogP contribution >= 0.6 is 0 Å². The minimum Gasteiger partial charge on any atom is -0.466 e. The van der Waals surface area contributed by atoms with E-state index in [0.29, 0.717) is 12.8 Å². The van der Waals surface area contributed by atoms with Gasteiger partial charge in [-0.25, -0.2) is 4.98 Å². The lowest BCUT2D eigenvalue weighted by molar-refractivity contribution is -0.164. The number of rotatable bonds is 11. The van der Waals surface area contributed by atoms with Crippen LogP contribution in [-0.4, -0.2) is 65.1 Å². The van der Waals surface area contributed by atoms with Gasteiger partial charge < -0.3 is 24.9 Å². The molecule has 0 bridgehead atoms. The van der Waals surface area contributed by atoms with Crippen LogP contribution in [0.4, 0.5) is 5.82 Å². The standard InChI is InChI=1S/C25H39N3O4/c1-3-32-24(30)22(18-19(2)29)25(31)12-16-28(17-13-25)15-6-4-5-9-21-11-10-20-8-7-14-26-23(20)27-21/h10-11,22,31H,3-9,12-18H2,1-2H3,(H,26,27). The first kappa shape index (κ1) is 24.6. The third kappa shape index (κ3) is 6.75. The quantitative estimate of drug-likeness (QED) is 0.399. The summed E-state index contributed by atoms with van der Waals surface area (Å²) < 4.78 is 5.14. The molecule has 2 aliphatic rings. The van der Waals surface area contributed by atoms with E-state index in [-0.39, 0.29) is 18.8 Å². The molecule has 1 atom stereocenters. The lowest BCUT2D eigenvalue weighted by Gasteiger charge is -2.41. The average molecular weight is 446 g/mol. The van der Waals surface area contributed by atoms with Crippen LogP contribution in [0.15, 0.2) is 12.1 Å². The molecule has 2 N–H and O–H groups in total. The van der Waals surface area contributed by atoms with Gasteiger partial charge in [0.25, 0.3) is 0 Å². The Labute approximate surface area is 191 Å². The number of aryl methyl sites for hydroxylation is 2. The molecule has 32 heavy (non-hydrogen) atoms. The number of esters is 1. The van der Waals surface area contributed by atoms with Crippen LogP contribution in [0.3, 0.4) is 0 Å². The van der Waals surface area contributed by atoms with E-state index < -0.39 is 17.5 Å². The number of hydrogen-bond acceptors (Lipinski definition) is 7. The van der Waals surface area contributed by atoms with Crippen molar-refractivity contribution in [3.8, 4) is 0 Å². The molecule has 7 nitrogen and oxygen atoms in total. The number of carbonyl (C=O) groups excluding carboxylic acids is 2. The molecule has 2 aliphatic heterocycles. The summed E-state index contributed by atoms with van der Waals surface area (Å²) in [5, 5.41) is 14.5. The number of Topliss-reactive ketones (excluding diaryl/α,β-unsaturated/α-hetero) is 1. The number of ketones is 1. The van der Waals surface area contributed by atoms with E-state index >= 15 is 0 Å². The van der Waals surface area contributed by atoms with Gasteiger partial charge >= 0.3 is 5.97 Å². The van der Waals surface area contributed by atoms with E-state index in [4.69, 9.17) is 9.72 Å². The second-order valence-corrected chi connectivity index (χ2v) is 9.31. The molecule has 3 rings (SSSR count). The zero-order valence-electron chi connectivity index (χ0n) is 19.7. The summed E-state index contributed by atoms with van der Waals surface area (Å²) in [5.74, 6) is -0.242. The molecule has 0 radical (unpaired) electrons. The Morgan fingerprint density at radius 2 is 2.03 bits per heavy atom. The van der Waals surface area contributed by atoms with E-state index in [2.05, 4.69) is 22.3 Å². The predicted octanol–water partition coefficient (Wildman–Crippen LogP) is 3.14. The second kappa shape index (κ2) is 11.8. The fraction of sp³-hybridized carbons (Fsp3) is 0.720. The minimum atomic E-state index is -1.15. The van der Waals surface area contributed by atoms with E-state index in [1.165, 1.54) is 18.9 Å². The molecule has 3 heterocycles. The highest BCUT2D eigenvalue weighted by Gasteiger charge is 2.44. The van der Waals surface area contributed by atoms with Crippen molar-refractivity contribution in [3.63, 3.8) is 0 Å². The predicted molar refractivity (Wildman–Crippen MR) is 125 cm³/mol. The van der Waals surface area contributed by atoms with E-state index in [0.717, 1.165) is 69.8 Å². The highest BCUT2D eigenvalue weighted by atomic mass is 16.5. The Balaban J connectivity index is 1.38. The number of pyridine rings is 1. The number of likely N-dealkylation sites (tertiary alicyclic amines) is 1. The van der Waals surface area contributed by atoms with Gasteiger partial charge in [-0.05, 0) is 77.0 Å². The first-order chi connectivity index (χ1) is 15.4. The topological polar surface area (TPSA) is 91.8 Å². The molecule has 0 spiro atoms. The highest BCUT2D eigenvalue weighted by Crippen LogP contribution is 2.33. The molecule has 178 valence electrons. The smallest absolute Gasteiger partial charge is 0.312 e. The van der Waals surface area contributed by atoms with Crippen LogP contribution in [-0.2, 0) is 27.2 Å². The zero-order chi connectivity index (χ0) is 23.0. The van der Waals surface area contributed by atoms with Crippen molar-refractivity contribution in [2.75, 3.05) is 38.1 Å². The number of nitrogens with one attached hydrogen (secondary N) is 1. The van der Waals surface area contributed by atoms with Crippen LogP contribution in [0.2, 0.25) is 0 Å². The third-order valence-electron chi connectivity index (χ3n) is 6.79. The fourth-order valence-electron chi connectivity index (χ4n) is 4.86. The van der Waals surface area contributed by atoms with Gasteiger partial charge in [0.05, 0.1) is 18.1 Å². The molecule has 0 saturated carbocycles. The summed E-state index contributed by atoms with van der Waals surface area (Å²) in [7, 11) is 0. The SMILES string of the molecule is CCOC(=O)C(CC(C)=O)C1(O)CCN(CCCCCc2ccc3c(n2)NCCC3)CC1. The number of hydrogen-bond donors (Lipinski definition) is 2. The molecular formula is C25H39N3O4. The Hall–Kier alpha value is -1.99. The van der Waals surface area contributed by atoms with E-state index in [1.54, 1.807) is 6.92 Å².